The molecule has 2 N–H and O–H groups in total. The van der Waals surface area contributed by atoms with E-state index in [4.69, 9.17) is 4.42 Å². The Balaban J connectivity index is 2.06. The average Bonchev–Trinajstić information content (AvgIpc) is 2.89. The van der Waals surface area contributed by atoms with E-state index in [1.165, 1.54) is 18.5 Å². The lowest BCUT2D eigenvalue weighted by Crippen LogP contribution is -2.15. The van der Waals surface area contributed by atoms with Gasteiger partial charge in [0.15, 0.2) is 0 Å². The molecule has 8 heteroatoms. The molecule has 0 atom stereocenters. The molecule has 108 valence electrons. The minimum absolute atomic E-state index is 0.00885. The molecule has 2 aromatic heterocycles. The van der Waals surface area contributed by atoms with E-state index >= 15 is 0 Å². The number of nitrogens with zero attached hydrogens (tertiary/aromatic N) is 2. The van der Waals surface area contributed by atoms with E-state index in [2.05, 4.69) is 26.9 Å². The van der Waals surface area contributed by atoms with E-state index < -0.39 is 10.0 Å². The van der Waals surface area contributed by atoms with Crippen LogP contribution in [0.1, 0.15) is 19.1 Å². The van der Waals surface area contributed by atoms with Gasteiger partial charge >= 0.3 is 0 Å². The molecule has 20 heavy (non-hydrogen) atoms. The first-order valence-corrected chi connectivity index (χ1v) is 7.69. The highest BCUT2D eigenvalue weighted by Gasteiger charge is 2.19. The summed E-state index contributed by atoms with van der Waals surface area (Å²) in [6.45, 7) is 3.39. The smallest absolute Gasteiger partial charge is 0.297 e. The molecule has 0 radical (unpaired) electrons. The Morgan fingerprint density at radius 1 is 1.25 bits per heavy atom. The van der Waals surface area contributed by atoms with Crippen molar-refractivity contribution in [2.75, 3.05) is 11.3 Å². The number of anilines is 1. The second-order valence-electron chi connectivity index (χ2n) is 4.08. The topological polar surface area (TPSA) is 97.1 Å². The van der Waals surface area contributed by atoms with Crippen molar-refractivity contribution in [2.24, 2.45) is 0 Å². The molecule has 0 unspecified atom stereocenters. The van der Waals surface area contributed by atoms with E-state index in [-0.39, 0.29) is 11.0 Å². The maximum absolute atomic E-state index is 12.0. The maximum atomic E-state index is 12.0. The van der Waals surface area contributed by atoms with Crippen molar-refractivity contribution in [3.8, 4) is 0 Å². The number of furan rings is 1. The predicted octanol–water partition coefficient (Wildman–Crippen LogP) is 1.37. The first-order valence-electron chi connectivity index (χ1n) is 6.21. The summed E-state index contributed by atoms with van der Waals surface area (Å²) in [4.78, 5) is 7.60. The van der Waals surface area contributed by atoms with Crippen LogP contribution in [-0.2, 0) is 16.6 Å². The largest absolute Gasteiger partial charge is 0.446 e. The van der Waals surface area contributed by atoms with Gasteiger partial charge in [0.1, 0.15) is 5.76 Å². The third-order valence-corrected chi connectivity index (χ3v) is 3.62. The second-order valence-corrected chi connectivity index (χ2v) is 5.69. The number of hydrogen-bond acceptors (Lipinski definition) is 6. The van der Waals surface area contributed by atoms with Crippen LogP contribution in [0.15, 0.2) is 40.1 Å². The summed E-state index contributed by atoms with van der Waals surface area (Å²) in [5, 5.41) is 2.98. The van der Waals surface area contributed by atoms with Gasteiger partial charge in [0.05, 0.1) is 6.54 Å². The molecule has 0 bridgehead atoms. The fourth-order valence-electron chi connectivity index (χ4n) is 1.51. The molecule has 0 aliphatic carbocycles. The van der Waals surface area contributed by atoms with Gasteiger partial charge in [0.25, 0.3) is 10.0 Å². The first-order chi connectivity index (χ1) is 9.62. The molecule has 2 aromatic rings. The number of rotatable bonds is 7. The maximum Gasteiger partial charge on any atom is 0.297 e. The van der Waals surface area contributed by atoms with Crippen LogP contribution in [0.5, 0.6) is 0 Å². The van der Waals surface area contributed by atoms with Crippen LogP contribution in [0.3, 0.4) is 0 Å². The van der Waals surface area contributed by atoms with Gasteiger partial charge in [-0.05, 0) is 31.2 Å². The van der Waals surface area contributed by atoms with Gasteiger partial charge in [-0.25, -0.2) is 14.7 Å². The molecular formula is C12H16N4O3S. The SMILES string of the molecule is CCCNCc1ccc(S(=O)(=O)Nc2ncccn2)o1. The van der Waals surface area contributed by atoms with Crippen LogP contribution in [0.4, 0.5) is 5.95 Å². The number of nitrogens with one attached hydrogen (secondary N) is 2. The molecule has 0 saturated heterocycles. The molecule has 2 heterocycles. The van der Waals surface area contributed by atoms with Crippen LogP contribution in [0.2, 0.25) is 0 Å². The fraction of sp³-hybridized carbons (Fsp3) is 0.333. The Kier molecular flexibility index (Phi) is 4.70. The van der Waals surface area contributed by atoms with Crippen LogP contribution in [-0.4, -0.2) is 24.9 Å². The van der Waals surface area contributed by atoms with E-state index in [9.17, 15) is 8.42 Å². The van der Waals surface area contributed by atoms with Crippen molar-refractivity contribution in [3.63, 3.8) is 0 Å². The normalized spacial score (nSPS) is 11.4. The third kappa shape index (κ3) is 3.78. The Bertz CT molecular complexity index is 640. The molecule has 0 aromatic carbocycles. The molecule has 0 saturated carbocycles. The molecule has 7 nitrogen and oxygen atoms in total. The van der Waals surface area contributed by atoms with E-state index in [1.54, 1.807) is 12.1 Å². The van der Waals surface area contributed by atoms with E-state index in [0.29, 0.717) is 12.3 Å². The molecule has 0 aliphatic rings. The summed E-state index contributed by atoms with van der Waals surface area (Å²) >= 11 is 0. The Morgan fingerprint density at radius 2 is 2.00 bits per heavy atom. The van der Waals surface area contributed by atoms with Gasteiger partial charge in [-0.1, -0.05) is 6.92 Å². The standard InChI is InChI=1S/C12H16N4O3S/c1-2-6-13-9-10-4-5-11(19-10)20(17,18)16-12-14-7-3-8-15-12/h3-5,7-8,13H,2,6,9H2,1H3,(H,14,15,16). The van der Waals surface area contributed by atoms with E-state index in [1.807, 2.05) is 0 Å². The monoisotopic (exact) mass is 296 g/mol. The highest BCUT2D eigenvalue weighted by Crippen LogP contribution is 2.16. The second kappa shape index (κ2) is 6.49. The third-order valence-electron chi connectivity index (χ3n) is 2.42. The summed E-state index contributed by atoms with van der Waals surface area (Å²) < 4.78 is 31.6. The zero-order valence-electron chi connectivity index (χ0n) is 11.0. The van der Waals surface area contributed by atoms with E-state index in [0.717, 1.165) is 13.0 Å². The minimum atomic E-state index is -3.79. The highest BCUT2D eigenvalue weighted by atomic mass is 32.2. The van der Waals surface area contributed by atoms with Crippen molar-refractivity contribution in [1.82, 2.24) is 15.3 Å². The predicted molar refractivity (Wildman–Crippen MR) is 73.5 cm³/mol. The average molecular weight is 296 g/mol. The van der Waals surface area contributed by atoms with Gasteiger partial charge in [0, 0.05) is 12.4 Å². The Labute approximate surface area is 117 Å². The molecule has 0 aliphatic heterocycles. The summed E-state index contributed by atoms with van der Waals surface area (Å²) in [7, 11) is -3.79. The summed E-state index contributed by atoms with van der Waals surface area (Å²) in [6, 6.07) is 4.64. The molecule has 0 fully saturated rings. The van der Waals surface area contributed by atoms with Crippen molar-refractivity contribution >= 4 is 16.0 Å². The van der Waals surface area contributed by atoms with Gasteiger partial charge in [-0.3, -0.25) is 0 Å². The fourth-order valence-corrected chi connectivity index (χ4v) is 2.42. The lowest BCUT2D eigenvalue weighted by molar-refractivity contribution is 0.403. The quantitative estimate of drug-likeness (QED) is 0.749. The number of hydrogen-bond donors (Lipinski definition) is 2. The van der Waals surface area contributed by atoms with Crippen molar-refractivity contribution in [2.45, 2.75) is 25.0 Å². The van der Waals surface area contributed by atoms with Gasteiger partial charge in [-0.2, -0.15) is 8.42 Å². The zero-order chi connectivity index (χ0) is 14.4. The summed E-state index contributed by atoms with van der Waals surface area (Å²) in [5.74, 6) is 0.572. The van der Waals surface area contributed by atoms with Gasteiger partial charge in [0.2, 0.25) is 11.0 Å². The lowest BCUT2D eigenvalue weighted by Gasteiger charge is -2.03. The first kappa shape index (κ1) is 14.5. The number of sulfonamides is 1. The van der Waals surface area contributed by atoms with Gasteiger partial charge < -0.3 is 9.73 Å². The lowest BCUT2D eigenvalue weighted by atomic mass is 10.4. The molecule has 0 spiro atoms. The van der Waals surface area contributed by atoms with Gasteiger partial charge in [-0.15, -0.1) is 0 Å². The minimum Gasteiger partial charge on any atom is -0.446 e. The van der Waals surface area contributed by atoms with Crippen LogP contribution >= 0.6 is 0 Å². The highest BCUT2D eigenvalue weighted by molar-refractivity contribution is 7.92. The van der Waals surface area contributed by atoms with Crippen LogP contribution in [0, 0.1) is 0 Å². The molecule has 0 amide bonds. The van der Waals surface area contributed by atoms with Crippen molar-refractivity contribution < 1.29 is 12.8 Å². The van der Waals surface area contributed by atoms with Crippen molar-refractivity contribution in [3.05, 3.63) is 36.4 Å². The number of aromatic nitrogens is 2. The van der Waals surface area contributed by atoms with Crippen LogP contribution < -0.4 is 10.0 Å². The summed E-state index contributed by atoms with van der Waals surface area (Å²) in [6.07, 6.45) is 3.90. The summed E-state index contributed by atoms with van der Waals surface area (Å²) in [5.41, 5.74) is 0. The Hall–Kier alpha value is -1.93. The molecule has 2 rings (SSSR count). The van der Waals surface area contributed by atoms with Crippen LogP contribution in [0.25, 0.3) is 0 Å². The van der Waals surface area contributed by atoms with Crippen molar-refractivity contribution in [1.29, 1.82) is 0 Å². The molecular weight excluding hydrogens is 280 g/mol. The Morgan fingerprint density at radius 3 is 2.70 bits per heavy atom. The zero-order valence-corrected chi connectivity index (χ0v) is 11.9.